The standard InChI is InChI=1S/C15H13ClN2O/c1-10-3-8-13-14(16)17-15(18(13)9-10)11-4-6-12(19-2)7-5-11/h3-9H,1-2H3. The van der Waals surface area contributed by atoms with Gasteiger partial charge in [0.05, 0.1) is 12.6 Å². The Bertz CT molecular complexity index is 732. The molecule has 0 saturated heterocycles. The van der Waals surface area contributed by atoms with E-state index >= 15 is 0 Å². The molecular weight excluding hydrogens is 260 g/mol. The zero-order valence-electron chi connectivity index (χ0n) is 10.7. The smallest absolute Gasteiger partial charge is 0.155 e. The van der Waals surface area contributed by atoms with Gasteiger partial charge < -0.3 is 4.74 Å². The number of ether oxygens (including phenoxy) is 1. The van der Waals surface area contributed by atoms with Crippen LogP contribution < -0.4 is 4.74 Å². The van der Waals surface area contributed by atoms with Gasteiger partial charge in [-0.3, -0.25) is 4.40 Å². The van der Waals surface area contributed by atoms with Crippen molar-refractivity contribution in [3.05, 3.63) is 53.3 Å². The van der Waals surface area contributed by atoms with E-state index < -0.39 is 0 Å². The summed E-state index contributed by atoms with van der Waals surface area (Å²) in [6, 6.07) is 11.8. The zero-order valence-corrected chi connectivity index (χ0v) is 11.5. The van der Waals surface area contributed by atoms with Crippen LogP contribution >= 0.6 is 11.6 Å². The third kappa shape index (κ3) is 2.06. The Balaban J connectivity index is 2.20. The molecule has 0 saturated carbocycles. The van der Waals surface area contributed by atoms with Gasteiger partial charge in [0, 0.05) is 11.8 Å². The molecule has 96 valence electrons. The largest absolute Gasteiger partial charge is 0.497 e. The van der Waals surface area contributed by atoms with Crippen molar-refractivity contribution in [3.8, 4) is 17.1 Å². The molecule has 4 heteroatoms. The molecule has 3 rings (SSSR count). The van der Waals surface area contributed by atoms with Crippen LogP contribution in [0.5, 0.6) is 5.75 Å². The number of nitrogens with zero attached hydrogens (tertiary/aromatic N) is 2. The van der Waals surface area contributed by atoms with Crippen molar-refractivity contribution >= 4 is 17.1 Å². The molecule has 1 aromatic carbocycles. The molecule has 0 spiro atoms. The number of rotatable bonds is 2. The van der Waals surface area contributed by atoms with Crippen LogP contribution in [-0.2, 0) is 0 Å². The van der Waals surface area contributed by atoms with Crippen LogP contribution in [-0.4, -0.2) is 16.5 Å². The summed E-state index contributed by atoms with van der Waals surface area (Å²) in [5.74, 6) is 1.67. The molecule has 0 amide bonds. The third-order valence-corrected chi connectivity index (χ3v) is 3.37. The minimum Gasteiger partial charge on any atom is -0.497 e. The van der Waals surface area contributed by atoms with Crippen molar-refractivity contribution in [1.29, 1.82) is 0 Å². The van der Waals surface area contributed by atoms with E-state index in [1.807, 2.05) is 53.9 Å². The summed E-state index contributed by atoms with van der Waals surface area (Å²) in [6.07, 6.45) is 2.04. The fraction of sp³-hybridized carbons (Fsp3) is 0.133. The summed E-state index contributed by atoms with van der Waals surface area (Å²) in [7, 11) is 1.65. The Morgan fingerprint density at radius 2 is 1.84 bits per heavy atom. The Morgan fingerprint density at radius 1 is 1.11 bits per heavy atom. The number of methoxy groups -OCH3 is 1. The summed E-state index contributed by atoms with van der Waals surface area (Å²) in [4.78, 5) is 4.44. The lowest BCUT2D eigenvalue weighted by Gasteiger charge is -2.04. The van der Waals surface area contributed by atoms with Gasteiger partial charge in [0.25, 0.3) is 0 Å². The maximum atomic E-state index is 6.18. The highest BCUT2D eigenvalue weighted by molar-refractivity contribution is 6.32. The van der Waals surface area contributed by atoms with E-state index in [1.165, 1.54) is 0 Å². The third-order valence-electron chi connectivity index (χ3n) is 3.09. The first-order valence-corrected chi connectivity index (χ1v) is 6.35. The van der Waals surface area contributed by atoms with Crippen molar-refractivity contribution in [2.24, 2.45) is 0 Å². The summed E-state index contributed by atoms with van der Waals surface area (Å²) in [6.45, 7) is 2.05. The molecule has 0 bridgehead atoms. The second kappa shape index (κ2) is 4.59. The van der Waals surface area contributed by atoms with E-state index in [-0.39, 0.29) is 0 Å². The van der Waals surface area contributed by atoms with Gasteiger partial charge in [-0.1, -0.05) is 17.7 Å². The van der Waals surface area contributed by atoms with Crippen molar-refractivity contribution in [1.82, 2.24) is 9.38 Å². The first kappa shape index (κ1) is 12.1. The van der Waals surface area contributed by atoms with E-state index in [2.05, 4.69) is 4.98 Å². The molecule has 0 atom stereocenters. The molecule has 19 heavy (non-hydrogen) atoms. The highest BCUT2D eigenvalue weighted by Gasteiger charge is 2.11. The molecule has 0 unspecified atom stereocenters. The Kier molecular flexibility index (Phi) is 2.91. The normalized spacial score (nSPS) is 10.9. The second-order valence-corrected chi connectivity index (χ2v) is 4.77. The van der Waals surface area contributed by atoms with E-state index in [0.717, 1.165) is 28.2 Å². The number of imidazole rings is 1. The fourth-order valence-corrected chi connectivity index (χ4v) is 2.33. The van der Waals surface area contributed by atoms with Gasteiger partial charge >= 0.3 is 0 Å². The van der Waals surface area contributed by atoms with Gasteiger partial charge in [-0.05, 0) is 42.8 Å². The van der Waals surface area contributed by atoms with Crippen molar-refractivity contribution in [2.45, 2.75) is 6.92 Å². The Labute approximate surface area is 116 Å². The maximum Gasteiger partial charge on any atom is 0.155 e. The molecule has 0 aliphatic rings. The lowest BCUT2D eigenvalue weighted by Crippen LogP contribution is -1.90. The van der Waals surface area contributed by atoms with Crippen molar-refractivity contribution < 1.29 is 4.74 Å². The van der Waals surface area contributed by atoms with Gasteiger partial charge in [0.1, 0.15) is 11.6 Å². The number of pyridine rings is 1. The lowest BCUT2D eigenvalue weighted by atomic mass is 10.2. The molecule has 0 fully saturated rings. The molecule has 0 aliphatic carbocycles. The SMILES string of the molecule is COc1ccc(-c2nc(Cl)c3ccc(C)cn23)cc1. The predicted molar refractivity (Wildman–Crippen MR) is 76.9 cm³/mol. The molecule has 3 aromatic rings. The molecule has 0 radical (unpaired) electrons. The number of benzene rings is 1. The molecule has 0 N–H and O–H groups in total. The monoisotopic (exact) mass is 272 g/mol. The van der Waals surface area contributed by atoms with Crippen LogP contribution in [0.15, 0.2) is 42.6 Å². The summed E-state index contributed by atoms with van der Waals surface area (Å²) in [5.41, 5.74) is 3.09. The molecule has 0 aliphatic heterocycles. The first-order valence-electron chi connectivity index (χ1n) is 5.97. The number of aromatic nitrogens is 2. The zero-order chi connectivity index (χ0) is 13.4. The predicted octanol–water partition coefficient (Wildman–Crippen LogP) is 3.97. The van der Waals surface area contributed by atoms with Crippen molar-refractivity contribution in [2.75, 3.05) is 7.11 Å². The molecular formula is C15H13ClN2O. The summed E-state index contributed by atoms with van der Waals surface area (Å²) < 4.78 is 7.18. The van der Waals surface area contributed by atoms with Gasteiger partial charge in [0.15, 0.2) is 5.15 Å². The highest BCUT2D eigenvalue weighted by Crippen LogP contribution is 2.27. The molecule has 2 heterocycles. The number of halogens is 1. The highest BCUT2D eigenvalue weighted by atomic mass is 35.5. The van der Waals surface area contributed by atoms with Crippen LogP contribution in [0, 0.1) is 6.92 Å². The number of hydrogen-bond acceptors (Lipinski definition) is 2. The van der Waals surface area contributed by atoms with Crippen LogP contribution in [0.25, 0.3) is 16.9 Å². The van der Waals surface area contributed by atoms with Crippen LogP contribution in [0.3, 0.4) is 0 Å². The Hall–Kier alpha value is -2.00. The maximum absolute atomic E-state index is 6.18. The first-order chi connectivity index (χ1) is 9.19. The number of fused-ring (bicyclic) bond motifs is 1. The average Bonchev–Trinajstić information content (AvgIpc) is 2.75. The lowest BCUT2D eigenvalue weighted by molar-refractivity contribution is 0.415. The Morgan fingerprint density at radius 3 is 2.53 bits per heavy atom. The molecule has 3 nitrogen and oxygen atoms in total. The van der Waals surface area contributed by atoms with Gasteiger partial charge in [-0.25, -0.2) is 4.98 Å². The summed E-state index contributed by atoms with van der Waals surface area (Å²) in [5, 5.41) is 0.519. The minimum atomic E-state index is 0.519. The van der Waals surface area contributed by atoms with E-state index in [0.29, 0.717) is 5.15 Å². The topological polar surface area (TPSA) is 26.5 Å². The van der Waals surface area contributed by atoms with Gasteiger partial charge in [-0.2, -0.15) is 0 Å². The van der Waals surface area contributed by atoms with E-state index in [9.17, 15) is 0 Å². The van der Waals surface area contributed by atoms with Gasteiger partial charge in [0.2, 0.25) is 0 Å². The quantitative estimate of drug-likeness (QED) is 0.706. The number of aryl methyl sites for hydroxylation is 1. The molecule has 2 aromatic heterocycles. The average molecular weight is 273 g/mol. The van der Waals surface area contributed by atoms with Crippen LogP contribution in [0.2, 0.25) is 5.15 Å². The van der Waals surface area contributed by atoms with Crippen molar-refractivity contribution in [3.63, 3.8) is 0 Å². The minimum absolute atomic E-state index is 0.519. The number of hydrogen-bond donors (Lipinski definition) is 0. The summed E-state index contributed by atoms with van der Waals surface area (Å²) >= 11 is 6.18. The second-order valence-electron chi connectivity index (χ2n) is 4.42. The van der Waals surface area contributed by atoms with Crippen LogP contribution in [0.1, 0.15) is 5.56 Å². The van der Waals surface area contributed by atoms with Crippen LogP contribution in [0.4, 0.5) is 0 Å². The van der Waals surface area contributed by atoms with E-state index in [4.69, 9.17) is 16.3 Å². The van der Waals surface area contributed by atoms with Gasteiger partial charge in [-0.15, -0.1) is 0 Å². The van der Waals surface area contributed by atoms with E-state index in [1.54, 1.807) is 7.11 Å². The fourth-order valence-electron chi connectivity index (χ4n) is 2.10.